The smallest absolute Gasteiger partial charge is 0.325 e. The molecule has 6 nitrogen and oxygen atoms in total. The Labute approximate surface area is 162 Å². The van der Waals surface area contributed by atoms with Crippen molar-refractivity contribution >= 4 is 40.8 Å². The molecule has 1 aromatic rings. The lowest BCUT2D eigenvalue weighted by molar-refractivity contribution is -0.139. The van der Waals surface area contributed by atoms with Crippen LogP contribution >= 0.6 is 22.9 Å². The van der Waals surface area contributed by atoms with Gasteiger partial charge in [0.05, 0.1) is 10.9 Å². The van der Waals surface area contributed by atoms with Crippen LogP contribution in [-0.4, -0.2) is 46.8 Å². The molecule has 1 saturated heterocycles. The number of nitrogens with one attached hydrogen (secondary N) is 1. The van der Waals surface area contributed by atoms with E-state index in [1.54, 1.807) is 13.1 Å². The van der Waals surface area contributed by atoms with E-state index in [9.17, 15) is 14.4 Å². The van der Waals surface area contributed by atoms with Gasteiger partial charge in [-0.25, -0.2) is 4.79 Å². The number of likely N-dealkylation sites (N-methyl/N-ethyl adjacent to an activating group) is 1. The highest BCUT2D eigenvalue weighted by Crippen LogP contribution is 2.32. The number of hydrogen-bond donors (Lipinski definition) is 1. The largest absolute Gasteiger partial charge is 0.339 e. The molecule has 0 bridgehead atoms. The highest BCUT2D eigenvalue weighted by molar-refractivity contribution is 7.16. The summed E-state index contributed by atoms with van der Waals surface area (Å²) in [5, 5.41) is 2.89. The van der Waals surface area contributed by atoms with Gasteiger partial charge in [0, 0.05) is 11.9 Å². The SMILES string of the molecule is CN(Cc1ccc(Cl)s1)C(=O)CN1C(=O)NC2(CCCCCCC2)C1=O. The van der Waals surface area contributed by atoms with E-state index in [0.717, 1.165) is 35.5 Å². The van der Waals surface area contributed by atoms with Gasteiger partial charge in [0.2, 0.25) is 5.91 Å². The first kappa shape index (κ1) is 19.2. The molecule has 2 fully saturated rings. The second-order valence-corrected chi connectivity index (χ2v) is 8.93. The minimum absolute atomic E-state index is 0.220. The van der Waals surface area contributed by atoms with Crippen LogP contribution in [0.15, 0.2) is 12.1 Å². The lowest BCUT2D eigenvalue weighted by Gasteiger charge is -2.28. The number of rotatable bonds is 4. The molecule has 0 radical (unpaired) electrons. The fourth-order valence-electron chi connectivity index (χ4n) is 3.68. The Hall–Kier alpha value is -1.60. The van der Waals surface area contributed by atoms with Crippen LogP contribution in [0, 0.1) is 0 Å². The van der Waals surface area contributed by atoms with Crippen molar-refractivity contribution in [2.24, 2.45) is 0 Å². The number of carbonyl (C=O) groups is 3. The van der Waals surface area contributed by atoms with Gasteiger partial charge in [-0.05, 0) is 25.0 Å². The second kappa shape index (κ2) is 7.96. The van der Waals surface area contributed by atoms with Gasteiger partial charge < -0.3 is 10.2 Å². The third-order valence-corrected chi connectivity index (χ3v) is 6.41. The molecular formula is C18H24ClN3O3S. The average Bonchev–Trinajstić information content (AvgIpc) is 3.08. The van der Waals surface area contributed by atoms with Crippen LogP contribution in [0.2, 0.25) is 4.34 Å². The van der Waals surface area contributed by atoms with Gasteiger partial charge in [-0.2, -0.15) is 0 Å². The van der Waals surface area contributed by atoms with E-state index in [0.29, 0.717) is 23.7 Å². The Morgan fingerprint density at radius 3 is 2.50 bits per heavy atom. The highest BCUT2D eigenvalue weighted by atomic mass is 35.5. The van der Waals surface area contributed by atoms with Crippen LogP contribution in [0.3, 0.4) is 0 Å². The van der Waals surface area contributed by atoms with Crippen LogP contribution in [0.5, 0.6) is 0 Å². The zero-order valence-corrected chi connectivity index (χ0v) is 16.5. The quantitative estimate of drug-likeness (QED) is 0.791. The van der Waals surface area contributed by atoms with Crippen LogP contribution in [0.4, 0.5) is 4.79 Å². The molecule has 1 aromatic heterocycles. The number of carbonyl (C=O) groups excluding carboxylic acids is 3. The number of urea groups is 1. The van der Waals surface area contributed by atoms with Gasteiger partial charge in [0.25, 0.3) is 5.91 Å². The summed E-state index contributed by atoms with van der Waals surface area (Å²) in [4.78, 5) is 41.4. The molecule has 0 unspecified atom stereocenters. The van der Waals surface area contributed by atoms with E-state index in [-0.39, 0.29) is 18.4 Å². The minimum atomic E-state index is -0.808. The second-order valence-electron chi connectivity index (χ2n) is 7.13. The lowest BCUT2D eigenvalue weighted by atomic mass is 9.84. The maximum atomic E-state index is 12.9. The third-order valence-electron chi connectivity index (χ3n) is 5.19. The molecule has 2 heterocycles. The number of hydrogen-bond acceptors (Lipinski definition) is 4. The van der Waals surface area contributed by atoms with Gasteiger partial charge in [-0.15, -0.1) is 11.3 Å². The number of amides is 4. The molecule has 2 aliphatic rings. The normalized spacial score (nSPS) is 20.0. The molecular weight excluding hydrogens is 374 g/mol. The summed E-state index contributed by atoms with van der Waals surface area (Å²) in [5.74, 6) is -0.508. The lowest BCUT2D eigenvalue weighted by Crippen LogP contribution is -2.48. The van der Waals surface area contributed by atoms with Gasteiger partial charge in [-0.1, -0.05) is 43.7 Å². The molecule has 8 heteroatoms. The Morgan fingerprint density at radius 1 is 1.23 bits per heavy atom. The summed E-state index contributed by atoms with van der Waals surface area (Å²) in [5.41, 5.74) is -0.808. The minimum Gasteiger partial charge on any atom is -0.339 e. The monoisotopic (exact) mass is 397 g/mol. The van der Waals surface area contributed by atoms with Crippen LogP contribution in [-0.2, 0) is 16.1 Å². The fraction of sp³-hybridized carbons (Fsp3) is 0.611. The predicted octanol–water partition coefficient (Wildman–Crippen LogP) is 3.39. The van der Waals surface area contributed by atoms with Crippen molar-refractivity contribution in [2.75, 3.05) is 13.6 Å². The maximum Gasteiger partial charge on any atom is 0.325 e. The third kappa shape index (κ3) is 4.04. The predicted molar refractivity (Wildman–Crippen MR) is 101 cm³/mol. The maximum absolute atomic E-state index is 12.9. The molecule has 1 spiro atoms. The van der Waals surface area contributed by atoms with E-state index < -0.39 is 11.6 Å². The zero-order valence-electron chi connectivity index (χ0n) is 14.9. The zero-order chi connectivity index (χ0) is 18.7. The molecule has 4 amide bonds. The van der Waals surface area contributed by atoms with Crippen LogP contribution in [0.25, 0.3) is 0 Å². The number of halogens is 1. The number of nitrogens with zero attached hydrogens (tertiary/aromatic N) is 2. The Bertz CT molecular complexity index is 698. The summed E-state index contributed by atoms with van der Waals surface area (Å²) in [6, 6.07) is 3.21. The summed E-state index contributed by atoms with van der Waals surface area (Å²) in [6.07, 6.45) is 6.50. The molecule has 0 atom stereocenters. The van der Waals surface area contributed by atoms with E-state index in [4.69, 9.17) is 11.6 Å². The molecule has 0 aromatic carbocycles. The first-order valence-electron chi connectivity index (χ1n) is 9.03. The van der Waals surface area contributed by atoms with Crippen LogP contribution in [0.1, 0.15) is 49.8 Å². The summed E-state index contributed by atoms with van der Waals surface area (Å²) >= 11 is 7.33. The molecule has 1 saturated carbocycles. The van der Waals surface area contributed by atoms with E-state index in [1.165, 1.54) is 22.7 Å². The molecule has 1 aliphatic carbocycles. The molecule has 26 heavy (non-hydrogen) atoms. The number of thiophene rings is 1. The van der Waals surface area contributed by atoms with Gasteiger partial charge in [0.1, 0.15) is 12.1 Å². The van der Waals surface area contributed by atoms with Crippen molar-refractivity contribution in [3.05, 3.63) is 21.3 Å². The van der Waals surface area contributed by atoms with E-state index in [1.807, 2.05) is 6.07 Å². The molecule has 3 rings (SSSR count). The Kier molecular flexibility index (Phi) is 5.87. The summed E-state index contributed by atoms with van der Waals surface area (Å²) in [7, 11) is 1.67. The summed E-state index contributed by atoms with van der Waals surface area (Å²) < 4.78 is 0.668. The standard InChI is InChI=1S/C18H24ClN3O3S/c1-21(11-13-7-8-14(19)26-13)15(23)12-22-16(24)18(20-17(22)25)9-5-3-2-4-6-10-18/h7-8H,2-6,9-12H2,1H3,(H,20,25). The first-order chi connectivity index (χ1) is 12.4. The van der Waals surface area contributed by atoms with E-state index in [2.05, 4.69) is 5.32 Å². The average molecular weight is 398 g/mol. The van der Waals surface area contributed by atoms with Gasteiger partial charge >= 0.3 is 6.03 Å². The summed E-state index contributed by atoms with van der Waals surface area (Å²) in [6.45, 7) is 0.188. The van der Waals surface area contributed by atoms with Crippen LogP contribution < -0.4 is 5.32 Å². The van der Waals surface area contributed by atoms with Gasteiger partial charge in [0.15, 0.2) is 0 Å². The van der Waals surface area contributed by atoms with Crippen molar-refractivity contribution in [3.8, 4) is 0 Å². The number of imide groups is 1. The molecule has 1 N–H and O–H groups in total. The fourth-order valence-corrected chi connectivity index (χ4v) is 4.82. The van der Waals surface area contributed by atoms with Crippen molar-refractivity contribution < 1.29 is 14.4 Å². The Morgan fingerprint density at radius 2 is 1.88 bits per heavy atom. The van der Waals surface area contributed by atoms with Crippen molar-refractivity contribution in [1.82, 2.24) is 15.1 Å². The van der Waals surface area contributed by atoms with Crippen molar-refractivity contribution in [2.45, 2.75) is 57.0 Å². The molecule has 142 valence electrons. The van der Waals surface area contributed by atoms with E-state index >= 15 is 0 Å². The topological polar surface area (TPSA) is 69.7 Å². The highest BCUT2D eigenvalue weighted by Gasteiger charge is 2.50. The molecule has 1 aliphatic heterocycles. The first-order valence-corrected chi connectivity index (χ1v) is 10.2. The van der Waals surface area contributed by atoms with Crippen molar-refractivity contribution in [3.63, 3.8) is 0 Å². The van der Waals surface area contributed by atoms with Crippen molar-refractivity contribution in [1.29, 1.82) is 0 Å². The van der Waals surface area contributed by atoms with Gasteiger partial charge in [-0.3, -0.25) is 14.5 Å². The Balaban J connectivity index is 1.64.